The van der Waals surface area contributed by atoms with Crippen LogP contribution in [0.3, 0.4) is 0 Å². The number of nitrogens with zero attached hydrogens (tertiary/aromatic N) is 3. The van der Waals surface area contributed by atoms with Gasteiger partial charge in [0.05, 0.1) is 13.2 Å². The average Bonchev–Trinajstić information content (AvgIpc) is 2.89. The van der Waals surface area contributed by atoms with Crippen LogP contribution in [0.25, 0.3) is 0 Å². The van der Waals surface area contributed by atoms with Crippen LogP contribution in [-0.4, -0.2) is 29.7 Å². The Bertz CT molecular complexity index is 616. The summed E-state index contributed by atoms with van der Waals surface area (Å²) in [6.45, 7) is 3.80. The van der Waals surface area contributed by atoms with Crippen molar-refractivity contribution in [2.75, 3.05) is 30.3 Å². The van der Waals surface area contributed by atoms with Crippen molar-refractivity contribution in [3.63, 3.8) is 0 Å². The van der Waals surface area contributed by atoms with E-state index >= 15 is 0 Å². The molecule has 0 saturated carbocycles. The second kappa shape index (κ2) is 5.30. The van der Waals surface area contributed by atoms with E-state index in [1.807, 2.05) is 24.0 Å². The van der Waals surface area contributed by atoms with E-state index in [9.17, 15) is 0 Å². The number of halogens is 1. The molecule has 0 radical (unpaired) electrons. The molecule has 3 heterocycles. The summed E-state index contributed by atoms with van der Waals surface area (Å²) in [7, 11) is 0. The molecule has 20 heavy (non-hydrogen) atoms. The van der Waals surface area contributed by atoms with E-state index in [0.717, 1.165) is 11.5 Å². The number of anilines is 2. The molecule has 2 N–H and O–H groups in total. The molecule has 2 aromatic rings. The number of aryl methyl sites for hydroxylation is 1. The lowest BCUT2D eigenvalue weighted by Crippen LogP contribution is -2.39. The Morgan fingerprint density at radius 1 is 1.40 bits per heavy atom. The molecular formula is C13H15ClN4O2. The molecule has 3 rings (SSSR count). The third-order valence-electron chi connectivity index (χ3n) is 3.24. The third kappa shape index (κ3) is 2.44. The largest absolute Gasteiger partial charge is 0.464 e. The predicted molar refractivity (Wildman–Crippen MR) is 75.8 cm³/mol. The summed E-state index contributed by atoms with van der Waals surface area (Å²) in [5, 5.41) is 0.378. The minimum atomic E-state index is -0.135. The van der Waals surface area contributed by atoms with Crippen LogP contribution in [0.1, 0.15) is 17.6 Å². The highest BCUT2D eigenvalue weighted by atomic mass is 35.5. The summed E-state index contributed by atoms with van der Waals surface area (Å²) in [6, 6.07) is 3.85. The van der Waals surface area contributed by atoms with Crippen LogP contribution < -0.4 is 10.6 Å². The van der Waals surface area contributed by atoms with Crippen molar-refractivity contribution >= 4 is 23.2 Å². The Labute approximate surface area is 121 Å². The molecular weight excluding hydrogens is 280 g/mol. The normalized spacial score (nSPS) is 19.3. The van der Waals surface area contributed by atoms with Gasteiger partial charge in [0, 0.05) is 6.54 Å². The Balaban J connectivity index is 1.83. The van der Waals surface area contributed by atoms with Crippen molar-refractivity contribution in [1.29, 1.82) is 0 Å². The maximum absolute atomic E-state index is 6.17. The first kappa shape index (κ1) is 13.2. The van der Waals surface area contributed by atoms with Crippen molar-refractivity contribution in [3.05, 3.63) is 35.0 Å². The first-order valence-electron chi connectivity index (χ1n) is 6.34. The standard InChI is InChI=1S/C13H15ClN4O2/c1-8-2-3-9(20-8)10-6-18(4-5-19-10)13-11(14)12(15)16-7-17-13/h2-3,7,10H,4-6H2,1H3,(H2,15,16,17). The van der Waals surface area contributed by atoms with Gasteiger partial charge in [0.2, 0.25) is 0 Å². The fourth-order valence-electron chi connectivity index (χ4n) is 2.23. The molecule has 1 unspecified atom stereocenters. The van der Waals surface area contributed by atoms with Crippen LogP contribution in [-0.2, 0) is 4.74 Å². The average molecular weight is 295 g/mol. The maximum atomic E-state index is 6.17. The number of ether oxygens (including phenoxy) is 1. The number of hydrogen-bond acceptors (Lipinski definition) is 6. The molecule has 1 aliphatic rings. The molecule has 0 aromatic carbocycles. The summed E-state index contributed by atoms with van der Waals surface area (Å²) in [6.07, 6.45) is 1.28. The Morgan fingerprint density at radius 3 is 3.00 bits per heavy atom. The number of rotatable bonds is 2. The molecule has 0 bridgehead atoms. The topological polar surface area (TPSA) is 77.4 Å². The molecule has 1 saturated heterocycles. The third-order valence-corrected chi connectivity index (χ3v) is 3.61. The van der Waals surface area contributed by atoms with Gasteiger partial charge in [-0.05, 0) is 19.1 Å². The highest BCUT2D eigenvalue weighted by Gasteiger charge is 2.26. The summed E-state index contributed by atoms with van der Waals surface area (Å²) >= 11 is 6.17. The van der Waals surface area contributed by atoms with Gasteiger partial charge in [0.25, 0.3) is 0 Å². The lowest BCUT2D eigenvalue weighted by Gasteiger charge is -2.33. The number of nitrogen functional groups attached to an aromatic ring is 1. The van der Waals surface area contributed by atoms with Crippen LogP contribution in [0, 0.1) is 6.92 Å². The first-order valence-corrected chi connectivity index (χ1v) is 6.72. The number of hydrogen-bond donors (Lipinski definition) is 1. The number of aromatic nitrogens is 2. The quantitative estimate of drug-likeness (QED) is 0.915. The highest BCUT2D eigenvalue weighted by Crippen LogP contribution is 2.31. The molecule has 2 aromatic heterocycles. The van der Waals surface area contributed by atoms with Crippen molar-refractivity contribution in [1.82, 2.24) is 9.97 Å². The fraction of sp³-hybridized carbons (Fsp3) is 0.385. The van der Waals surface area contributed by atoms with Crippen molar-refractivity contribution in [2.45, 2.75) is 13.0 Å². The van der Waals surface area contributed by atoms with E-state index in [2.05, 4.69) is 9.97 Å². The van der Waals surface area contributed by atoms with E-state index in [-0.39, 0.29) is 11.9 Å². The van der Waals surface area contributed by atoms with Crippen molar-refractivity contribution < 1.29 is 9.15 Å². The van der Waals surface area contributed by atoms with E-state index in [4.69, 9.17) is 26.5 Å². The molecule has 1 aliphatic heterocycles. The summed E-state index contributed by atoms with van der Waals surface area (Å²) in [5.41, 5.74) is 5.72. The highest BCUT2D eigenvalue weighted by molar-refractivity contribution is 6.35. The summed E-state index contributed by atoms with van der Waals surface area (Å²) in [4.78, 5) is 10.1. The number of nitrogens with two attached hydrogens (primary N) is 1. The maximum Gasteiger partial charge on any atom is 0.153 e. The summed E-state index contributed by atoms with van der Waals surface area (Å²) in [5.74, 6) is 2.60. The molecule has 0 aliphatic carbocycles. The molecule has 1 atom stereocenters. The van der Waals surface area contributed by atoms with E-state index in [1.54, 1.807) is 0 Å². The van der Waals surface area contributed by atoms with E-state index in [0.29, 0.717) is 30.5 Å². The fourth-order valence-corrected chi connectivity index (χ4v) is 2.45. The number of morpholine rings is 1. The molecule has 6 nitrogen and oxygen atoms in total. The minimum Gasteiger partial charge on any atom is -0.464 e. The zero-order valence-corrected chi connectivity index (χ0v) is 11.8. The van der Waals surface area contributed by atoms with Crippen LogP contribution in [0.15, 0.2) is 22.9 Å². The Hall–Kier alpha value is -1.79. The number of furan rings is 1. The second-order valence-electron chi connectivity index (χ2n) is 4.65. The Kier molecular flexibility index (Phi) is 3.50. The molecule has 0 amide bonds. The van der Waals surface area contributed by atoms with Gasteiger partial charge in [-0.25, -0.2) is 9.97 Å². The zero-order valence-electron chi connectivity index (χ0n) is 11.0. The molecule has 1 fully saturated rings. The predicted octanol–water partition coefficient (Wildman–Crippen LogP) is 2.19. The van der Waals surface area contributed by atoms with Gasteiger partial charge < -0.3 is 19.8 Å². The van der Waals surface area contributed by atoms with Gasteiger partial charge in [-0.3, -0.25) is 0 Å². The zero-order chi connectivity index (χ0) is 14.1. The molecule has 0 spiro atoms. The molecule has 7 heteroatoms. The van der Waals surface area contributed by atoms with E-state index in [1.165, 1.54) is 6.33 Å². The monoisotopic (exact) mass is 294 g/mol. The minimum absolute atomic E-state index is 0.135. The summed E-state index contributed by atoms with van der Waals surface area (Å²) < 4.78 is 11.4. The van der Waals surface area contributed by atoms with Gasteiger partial charge >= 0.3 is 0 Å². The van der Waals surface area contributed by atoms with E-state index < -0.39 is 0 Å². The second-order valence-corrected chi connectivity index (χ2v) is 5.03. The van der Waals surface area contributed by atoms with Crippen molar-refractivity contribution in [2.24, 2.45) is 0 Å². The van der Waals surface area contributed by atoms with Crippen LogP contribution >= 0.6 is 11.6 Å². The van der Waals surface area contributed by atoms with Crippen LogP contribution in [0.2, 0.25) is 5.02 Å². The van der Waals surface area contributed by atoms with Gasteiger partial charge in [-0.2, -0.15) is 0 Å². The van der Waals surface area contributed by atoms with Gasteiger partial charge in [0.1, 0.15) is 34.8 Å². The van der Waals surface area contributed by atoms with Crippen molar-refractivity contribution in [3.8, 4) is 0 Å². The van der Waals surface area contributed by atoms with Gasteiger partial charge in [0.15, 0.2) is 5.82 Å². The molecule has 106 valence electrons. The first-order chi connectivity index (χ1) is 9.65. The van der Waals surface area contributed by atoms with Crippen LogP contribution in [0.4, 0.5) is 11.6 Å². The smallest absolute Gasteiger partial charge is 0.153 e. The SMILES string of the molecule is Cc1ccc(C2CN(c3ncnc(N)c3Cl)CCO2)o1. The van der Waals surface area contributed by atoms with Gasteiger partial charge in [-0.1, -0.05) is 11.6 Å². The van der Waals surface area contributed by atoms with Gasteiger partial charge in [-0.15, -0.1) is 0 Å². The lowest BCUT2D eigenvalue weighted by atomic mass is 10.2. The van der Waals surface area contributed by atoms with Crippen LogP contribution in [0.5, 0.6) is 0 Å². The lowest BCUT2D eigenvalue weighted by molar-refractivity contribution is 0.0250. The Morgan fingerprint density at radius 2 is 2.25 bits per heavy atom.